The van der Waals surface area contributed by atoms with Crippen LogP contribution >= 0.6 is 0 Å². The van der Waals surface area contributed by atoms with E-state index >= 15 is 0 Å². The lowest BCUT2D eigenvalue weighted by Gasteiger charge is -2.32. The van der Waals surface area contributed by atoms with Crippen molar-refractivity contribution in [2.45, 2.75) is 12.4 Å². The second kappa shape index (κ2) is 9.48. The summed E-state index contributed by atoms with van der Waals surface area (Å²) in [5.74, 6) is -0.198. The maximum atomic E-state index is 13.0. The number of likely N-dealkylation sites (N-methyl/N-ethyl adjacent to an activating group) is 1. The first-order valence-electron chi connectivity index (χ1n) is 10.3. The van der Waals surface area contributed by atoms with Crippen LogP contribution in [0.1, 0.15) is 11.4 Å². The highest BCUT2D eigenvalue weighted by molar-refractivity contribution is 5.58. The number of hydrogen-bond donors (Lipinski definition) is 2. The molecule has 3 aromatic rings. The standard InChI is InChI=1S/C20H19F6N9/c1-34-7-9-35(10-8-34)18-32-16(28-12-5-6-27-14(11-12)20(24,25)26)31-17(33-18)30-15-4-2-3-13(29-15)19(21,22)23/h2-6,11H,7-10H2,1H3,(H2,27,28,29,30,31,32,33). The molecule has 35 heavy (non-hydrogen) atoms. The molecular formula is C20H19F6N9. The Morgan fingerprint density at radius 3 is 2.09 bits per heavy atom. The number of pyridine rings is 2. The van der Waals surface area contributed by atoms with Crippen LogP contribution in [0.4, 0.5) is 55.7 Å². The van der Waals surface area contributed by atoms with E-state index in [-0.39, 0.29) is 29.4 Å². The van der Waals surface area contributed by atoms with Gasteiger partial charge in [-0.2, -0.15) is 41.3 Å². The minimum absolute atomic E-state index is 0.0194. The van der Waals surface area contributed by atoms with Crippen molar-refractivity contribution in [3.63, 3.8) is 0 Å². The fraction of sp³-hybridized carbons (Fsp3) is 0.350. The molecule has 0 radical (unpaired) electrons. The first kappa shape index (κ1) is 24.4. The second-order valence-corrected chi connectivity index (χ2v) is 7.66. The monoisotopic (exact) mass is 499 g/mol. The van der Waals surface area contributed by atoms with E-state index in [1.165, 1.54) is 18.2 Å². The molecule has 3 aromatic heterocycles. The highest BCUT2D eigenvalue weighted by Crippen LogP contribution is 2.30. The van der Waals surface area contributed by atoms with Gasteiger partial charge < -0.3 is 20.4 Å². The van der Waals surface area contributed by atoms with E-state index in [0.717, 1.165) is 18.3 Å². The van der Waals surface area contributed by atoms with Gasteiger partial charge in [0, 0.05) is 38.1 Å². The summed E-state index contributed by atoms with van der Waals surface area (Å²) in [5.41, 5.74) is -2.20. The molecule has 15 heteroatoms. The van der Waals surface area contributed by atoms with Crippen LogP contribution in [-0.2, 0) is 12.4 Å². The lowest BCUT2D eigenvalue weighted by Crippen LogP contribution is -2.45. The fourth-order valence-electron chi connectivity index (χ4n) is 3.19. The molecule has 0 bridgehead atoms. The second-order valence-electron chi connectivity index (χ2n) is 7.66. The lowest BCUT2D eigenvalue weighted by atomic mass is 10.3. The van der Waals surface area contributed by atoms with Crippen molar-refractivity contribution in [3.05, 3.63) is 47.9 Å². The zero-order valence-corrected chi connectivity index (χ0v) is 18.2. The topological polar surface area (TPSA) is 95.0 Å². The Morgan fingerprint density at radius 2 is 1.43 bits per heavy atom. The van der Waals surface area contributed by atoms with Gasteiger partial charge in [0.05, 0.1) is 0 Å². The third-order valence-corrected chi connectivity index (χ3v) is 5.00. The zero-order valence-electron chi connectivity index (χ0n) is 18.2. The normalized spacial score (nSPS) is 15.2. The van der Waals surface area contributed by atoms with Gasteiger partial charge in [0.2, 0.25) is 17.8 Å². The molecule has 2 N–H and O–H groups in total. The molecule has 0 amide bonds. The molecule has 0 atom stereocenters. The van der Waals surface area contributed by atoms with Crippen LogP contribution in [-0.4, -0.2) is 63.0 Å². The molecule has 0 aliphatic carbocycles. The van der Waals surface area contributed by atoms with Gasteiger partial charge in [-0.15, -0.1) is 0 Å². The number of hydrogen-bond acceptors (Lipinski definition) is 9. The lowest BCUT2D eigenvalue weighted by molar-refractivity contribution is -0.141. The van der Waals surface area contributed by atoms with Crippen molar-refractivity contribution >= 4 is 29.4 Å². The summed E-state index contributed by atoms with van der Waals surface area (Å²) < 4.78 is 78.2. The van der Waals surface area contributed by atoms with E-state index < -0.39 is 23.7 Å². The Hall–Kier alpha value is -3.75. The van der Waals surface area contributed by atoms with Crippen molar-refractivity contribution in [2.75, 3.05) is 48.8 Å². The van der Waals surface area contributed by atoms with Crippen LogP contribution < -0.4 is 15.5 Å². The number of nitrogens with one attached hydrogen (secondary N) is 2. The van der Waals surface area contributed by atoms with Crippen molar-refractivity contribution in [2.24, 2.45) is 0 Å². The summed E-state index contributed by atoms with van der Waals surface area (Å²) in [5, 5.41) is 5.31. The SMILES string of the molecule is CN1CCN(c2nc(Nc3ccnc(C(F)(F)F)c3)nc(Nc3cccc(C(F)(F)F)n3)n2)CC1. The number of rotatable bonds is 5. The van der Waals surface area contributed by atoms with Gasteiger partial charge in [-0.3, -0.25) is 4.98 Å². The Kier molecular flexibility index (Phi) is 6.60. The van der Waals surface area contributed by atoms with Crippen LogP contribution in [0.3, 0.4) is 0 Å². The Balaban J connectivity index is 1.66. The number of nitrogens with zero attached hydrogens (tertiary/aromatic N) is 7. The van der Waals surface area contributed by atoms with E-state index in [0.29, 0.717) is 26.2 Å². The van der Waals surface area contributed by atoms with Gasteiger partial charge in [-0.1, -0.05) is 6.07 Å². The smallest absolute Gasteiger partial charge is 0.338 e. The van der Waals surface area contributed by atoms with Crippen LogP contribution in [0.15, 0.2) is 36.5 Å². The molecule has 0 saturated carbocycles. The van der Waals surface area contributed by atoms with Gasteiger partial charge in [-0.25, -0.2) is 4.98 Å². The molecule has 186 valence electrons. The third-order valence-electron chi connectivity index (χ3n) is 5.00. The summed E-state index contributed by atoms with van der Waals surface area (Å²) in [7, 11) is 1.95. The predicted octanol–water partition coefficient (Wildman–Crippen LogP) is 3.94. The number of piperazine rings is 1. The number of halogens is 6. The molecule has 9 nitrogen and oxygen atoms in total. The van der Waals surface area contributed by atoms with Crippen LogP contribution in [0.25, 0.3) is 0 Å². The van der Waals surface area contributed by atoms with Crippen molar-refractivity contribution in [1.29, 1.82) is 0 Å². The van der Waals surface area contributed by atoms with Gasteiger partial charge in [0.15, 0.2) is 0 Å². The molecule has 4 heterocycles. The molecule has 1 saturated heterocycles. The van der Waals surface area contributed by atoms with Gasteiger partial charge in [0.1, 0.15) is 17.2 Å². The molecular weight excluding hydrogens is 480 g/mol. The Morgan fingerprint density at radius 1 is 0.771 bits per heavy atom. The van der Waals surface area contributed by atoms with Gasteiger partial charge in [0.25, 0.3) is 0 Å². The maximum Gasteiger partial charge on any atom is 0.433 e. The van der Waals surface area contributed by atoms with E-state index in [9.17, 15) is 26.3 Å². The molecule has 1 aliphatic heterocycles. The zero-order chi connectivity index (χ0) is 25.2. The van der Waals surface area contributed by atoms with Crippen molar-refractivity contribution in [3.8, 4) is 0 Å². The maximum absolute atomic E-state index is 13.0. The largest absolute Gasteiger partial charge is 0.433 e. The fourth-order valence-corrected chi connectivity index (χ4v) is 3.19. The van der Waals surface area contributed by atoms with Gasteiger partial charge in [-0.05, 0) is 31.3 Å². The summed E-state index contributed by atoms with van der Waals surface area (Å²) in [6.45, 7) is 2.56. The van der Waals surface area contributed by atoms with Crippen LogP contribution in [0.5, 0.6) is 0 Å². The van der Waals surface area contributed by atoms with Gasteiger partial charge >= 0.3 is 12.4 Å². The number of anilines is 5. The Labute approximate surface area is 195 Å². The minimum atomic E-state index is -4.65. The molecule has 4 rings (SSSR count). The molecule has 0 spiro atoms. The van der Waals surface area contributed by atoms with Crippen molar-refractivity contribution in [1.82, 2.24) is 29.8 Å². The average molecular weight is 499 g/mol. The van der Waals surface area contributed by atoms with Crippen molar-refractivity contribution < 1.29 is 26.3 Å². The minimum Gasteiger partial charge on any atom is -0.338 e. The Bertz CT molecular complexity index is 1100. The summed E-state index contributed by atoms with van der Waals surface area (Å²) in [4.78, 5) is 23.5. The first-order chi connectivity index (χ1) is 16.5. The summed E-state index contributed by atoms with van der Waals surface area (Å²) >= 11 is 0. The number of alkyl halides is 6. The molecule has 1 fully saturated rings. The van der Waals surface area contributed by atoms with E-state index in [4.69, 9.17) is 0 Å². The van der Waals surface area contributed by atoms with E-state index in [1.54, 1.807) is 0 Å². The predicted molar refractivity (Wildman–Crippen MR) is 115 cm³/mol. The third kappa shape index (κ3) is 6.23. The highest BCUT2D eigenvalue weighted by Gasteiger charge is 2.33. The van der Waals surface area contributed by atoms with Crippen LogP contribution in [0, 0.1) is 0 Å². The first-order valence-corrected chi connectivity index (χ1v) is 10.3. The average Bonchev–Trinajstić information content (AvgIpc) is 2.79. The molecule has 0 aromatic carbocycles. The highest BCUT2D eigenvalue weighted by atomic mass is 19.4. The summed E-state index contributed by atoms with van der Waals surface area (Å²) in [6.07, 6.45) is -8.31. The van der Waals surface area contributed by atoms with E-state index in [2.05, 4.69) is 40.5 Å². The number of aromatic nitrogens is 5. The quantitative estimate of drug-likeness (QED) is 0.506. The summed E-state index contributed by atoms with van der Waals surface area (Å²) in [6, 6.07) is 5.40. The van der Waals surface area contributed by atoms with E-state index in [1.807, 2.05) is 11.9 Å². The molecule has 0 unspecified atom stereocenters. The molecule has 1 aliphatic rings. The van der Waals surface area contributed by atoms with Crippen LogP contribution in [0.2, 0.25) is 0 Å².